The maximum atomic E-state index is 13.0. The van der Waals surface area contributed by atoms with Gasteiger partial charge in [-0.1, -0.05) is 24.3 Å². The Morgan fingerprint density at radius 2 is 2.07 bits per heavy atom. The summed E-state index contributed by atoms with van der Waals surface area (Å²) < 4.78 is 11.1. The van der Waals surface area contributed by atoms with E-state index in [-0.39, 0.29) is 12.3 Å². The maximum absolute atomic E-state index is 13.0. The molecule has 0 bridgehead atoms. The number of benzene rings is 2. The van der Waals surface area contributed by atoms with Gasteiger partial charge in [0.05, 0.1) is 19.2 Å². The number of rotatable bonds is 4. The summed E-state index contributed by atoms with van der Waals surface area (Å²) in [6.07, 6.45) is 2.23. The second-order valence-electron chi connectivity index (χ2n) is 6.71. The topological polar surface area (TPSA) is 55.6 Å². The second kappa shape index (κ2) is 7.27. The molecule has 0 N–H and O–H groups in total. The summed E-state index contributed by atoms with van der Waals surface area (Å²) in [4.78, 5) is 19.4. The highest BCUT2D eigenvalue weighted by Crippen LogP contribution is 2.29. The third-order valence-electron chi connectivity index (χ3n) is 4.94. The van der Waals surface area contributed by atoms with Gasteiger partial charge < -0.3 is 14.1 Å². The summed E-state index contributed by atoms with van der Waals surface area (Å²) >= 11 is 0. The van der Waals surface area contributed by atoms with Crippen LogP contribution in [0.2, 0.25) is 0 Å². The molecule has 2 heterocycles. The molecule has 0 atom stereocenters. The summed E-state index contributed by atoms with van der Waals surface area (Å²) in [6.45, 7) is 2.60. The highest BCUT2D eigenvalue weighted by atomic mass is 16.5. The number of ether oxygens (including phenoxy) is 1. The number of carbonyl (C=O) groups is 1. The van der Waals surface area contributed by atoms with Gasteiger partial charge in [0.25, 0.3) is 0 Å². The molecule has 1 aromatic heterocycles. The van der Waals surface area contributed by atoms with E-state index in [1.165, 1.54) is 5.56 Å². The first-order valence-electron chi connectivity index (χ1n) is 9.14. The first-order valence-corrected chi connectivity index (χ1v) is 9.14. The Kier molecular flexibility index (Phi) is 4.67. The third kappa shape index (κ3) is 3.45. The Bertz CT molecular complexity index is 977. The van der Waals surface area contributed by atoms with Crippen LogP contribution in [0.3, 0.4) is 0 Å². The van der Waals surface area contributed by atoms with Gasteiger partial charge in [-0.2, -0.15) is 0 Å². The number of carbonyl (C=O) groups excluding carboxylic acids is 1. The van der Waals surface area contributed by atoms with E-state index in [0.29, 0.717) is 17.3 Å². The van der Waals surface area contributed by atoms with E-state index in [4.69, 9.17) is 9.15 Å². The van der Waals surface area contributed by atoms with Gasteiger partial charge in [-0.05, 0) is 49.6 Å². The molecule has 3 aromatic rings. The fourth-order valence-corrected chi connectivity index (χ4v) is 3.50. The van der Waals surface area contributed by atoms with E-state index in [2.05, 4.69) is 11.1 Å². The number of methoxy groups -OCH3 is 1. The summed E-state index contributed by atoms with van der Waals surface area (Å²) in [5.74, 6) is 1.97. The Balaban J connectivity index is 1.57. The van der Waals surface area contributed by atoms with Crippen LogP contribution in [-0.4, -0.2) is 24.5 Å². The number of aryl methyl sites for hydroxylation is 2. The van der Waals surface area contributed by atoms with E-state index >= 15 is 0 Å². The molecule has 5 heteroatoms. The zero-order valence-electron chi connectivity index (χ0n) is 15.6. The average molecular weight is 362 g/mol. The lowest BCUT2D eigenvalue weighted by molar-refractivity contribution is -0.118. The molecule has 0 unspecified atom stereocenters. The normalized spacial score (nSPS) is 13.3. The lowest BCUT2D eigenvalue weighted by atomic mass is 10.0. The van der Waals surface area contributed by atoms with E-state index in [1.807, 2.05) is 54.3 Å². The summed E-state index contributed by atoms with van der Waals surface area (Å²) in [5.41, 5.74) is 3.76. The first-order chi connectivity index (χ1) is 13.2. The van der Waals surface area contributed by atoms with Crippen LogP contribution in [0.5, 0.6) is 5.75 Å². The Morgan fingerprint density at radius 3 is 2.93 bits per heavy atom. The van der Waals surface area contributed by atoms with E-state index in [1.54, 1.807) is 7.11 Å². The molecular formula is C22H22N2O3. The molecule has 0 aliphatic carbocycles. The minimum atomic E-state index is 0.0516. The highest BCUT2D eigenvalue weighted by Gasteiger charge is 2.24. The standard InChI is InChI=1S/C22H22N2O3/c1-15-19(23-22(27-15)17-8-5-10-18(13-17)26-2)14-21(25)24-12-6-9-16-7-3-4-11-20(16)24/h3-5,7-8,10-11,13H,6,9,12,14H2,1-2H3. The van der Waals surface area contributed by atoms with E-state index in [9.17, 15) is 4.79 Å². The lowest BCUT2D eigenvalue weighted by Crippen LogP contribution is -2.36. The van der Waals surface area contributed by atoms with Crippen molar-refractivity contribution in [2.75, 3.05) is 18.6 Å². The molecule has 5 nitrogen and oxygen atoms in total. The van der Waals surface area contributed by atoms with Crippen molar-refractivity contribution < 1.29 is 13.9 Å². The zero-order valence-corrected chi connectivity index (χ0v) is 15.6. The molecule has 0 fully saturated rings. The van der Waals surface area contributed by atoms with E-state index < -0.39 is 0 Å². The Hall–Kier alpha value is -3.08. The van der Waals surface area contributed by atoms with Crippen LogP contribution in [0.25, 0.3) is 11.5 Å². The van der Waals surface area contributed by atoms with Gasteiger partial charge in [-0.25, -0.2) is 4.98 Å². The molecule has 1 aliphatic heterocycles. The third-order valence-corrected chi connectivity index (χ3v) is 4.94. The molecule has 0 radical (unpaired) electrons. The number of para-hydroxylation sites is 1. The first kappa shape index (κ1) is 17.3. The van der Waals surface area contributed by atoms with Gasteiger partial charge in [-0.15, -0.1) is 0 Å². The van der Waals surface area contributed by atoms with Gasteiger partial charge >= 0.3 is 0 Å². The van der Waals surface area contributed by atoms with Crippen molar-refractivity contribution in [3.8, 4) is 17.2 Å². The molecular weight excluding hydrogens is 340 g/mol. The van der Waals surface area contributed by atoms with Crippen LogP contribution in [0.1, 0.15) is 23.4 Å². The number of anilines is 1. The summed E-state index contributed by atoms with van der Waals surface area (Å²) in [6, 6.07) is 15.7. The Morgan fingerprint density at radius 1 is 1.22 bits per heavy atom. The van der Waals surface area contributed by atoms with Crippen molar-refractivity contribution in [1.82, 2.24) is 4.98 Å². The predicted molar refractivity (Wildman–Crippen MR) is 104 cm³/mol. The van der Waals surface area contributed by atoms with Crippen LogP contribution in [-0.2, 0) is 17.6 Å². The van der Waals surface area contributed by atoms with Gasteiger partial charge in [0, 0.05) is 17.8 Å². The van der Waals surface area contributed by atoms with Crippen LogP contribution in [0.4, 0.5) is 5.69 Å². The van der Waals surface area contributed by atoms with Gasteiger partial charge in [0.15, 0.2) is 0 Å². The van der Waals surface area contributed by atoms with Gasteiger partial charge in [-0.3, -0.25) is 4.79 Å². The quantitative estimate of drug-likeness (QED) is 0.699. The molecule has 27 heavy (non-hydrogen) atoms. The van der Waals surface area contributed by atoms with E-state index in [0.717, 1.165) is 36.4 Å². The smallest absolute Gasteiger partial charge is 0.233 e. The number of aromatic nitrogens is 1. The summed E-state index contributed by atoms with van der Waals surface area (Å²) in [5, 5.41) is 0. The van der Waals surface area contributed by atoms with Gasteiger partial charge in [0.1, 0.15) is 11.5 Å². The van der Waals surface area contributed by atoms with Crippen molar-refractivity contribution in [3.63, 3.8) is 0 Å². The number of amides is 1. The molecule has 1 amide bonds. The van der Waals surface area contributed by atoms with Crippen LogP contribution in [0.15, 0.2) is 52.9 Å². The lowest BCUT2D eigenvalue weighted by Gasteiger charge is -2.29. The van der Waals surface area contributed by atoms with Crippen LogP contribution < -0.4 is 9.64 Å². The predicted octanol–water partition coefficient (Wildman–Crippen LogP) is 4.18. The minimum absolute atomic E-state index is 0.0516. The molecule has 0 saturated carbocycles. The number of fused-ring (bicyclic) bond motifs is 1. The number of oxazole rings is 1. The van der Waals surface area contributed by atoms with Crippen LogP contribution in [0, 0.1) is 6.92 Å². The van der Waals surface area contributed by atoms with Crippen molar-refractivity contribution in [3.05, 3.63) is 65.5 Å². The minimum Gasteiger partial charge on any atom is -0.497 e. The maximum Gasteiger partial charge on any atom is 0.233 e. The molecule has 0 spiro atoms. The molecule has 138 valence electrons. The second-order valence-corrected chi connectivity index (χ2v) is 6.71. The molecule has 1 aliphatic rings. The van der Waals surface area contributed by atoms with Crippen molar-refractivity contribution in [1.29, 1.82) is 0 Å². The highest BCUT2D eigenvalue weighted by molar-refractivity contribution is 5.95. The van der Waals surface area contributed by atoms with Crippen LogP contribution >= 0.6 is 0 Å². The number of hydrogen-bond donors (Lipinski definition) is 0. The number of nitrogens with zero attached hydrogens (tertiary/aromatic N) is 2. The van der Waals surface area contributed by atoms with Crippen molar-refractivity contribution in [2.24, 2.45) is 0 Å². The van der Waals surface area contributed by atoms with Gasteiger partial charge in [0.2, 0.25) is 11.8 Å². The molecule has 2 aromatic carbocycles. The fourth-order valence-electron chi connectivity index (χ4n) is 3.50. The summed E-state index contributed by atoms with van der Waals surface area (Å²) in [7, 11) is 1.63. The monoisotopic (exact) mass is 362 g/mol. The molecule has 4 rings (SSSR count). The SMILES string of the molecule is COc1cccc(-c2nc(CC(=O)N3CCCc4ccccc43)c(C)o2)c1. The molecule has 0 saturated heterocycles. The Labute approximate surface area is 158 Å². The fraction of sp³-hybridized carbons (Fsp3) is 0.273. The van der Waals surface area contributed by atoms with Crippen molar-refractivity contribution >= 4 is 11.6 Å². The average Bonchev–Trinajstić information content (AvgIpc) is 3.08. The zero-order chi connectivity index (χ0) is 18.8. The largest absolute Gasteiger partial charge is 0.497 e. The van der Waals surface area contributed by atoms with Crippen molar-refractivity contribution in [2.45, 2.75) is 26.2 Å². The number of hydrogen-bond acceptors (Lipinski definition) is 4.